The molecule has 0 fully saturated rings. The van der Waals surface area contributed by atoms with E-state index in [1.807, 2.05) is 42.5 Å². The number of aromatic amines is 1. The molecule has 3 heterocycles. The highest BCUT2D eigenvalue weighted by Crippen LogP contribution is 2.35. The summed E-state index contributed by atoms with van der Waals surface area (Å²) in [6.45, 7) is 0. The lowest BCUT2D eigenvalue weighted by atomic mass is 10.1. The number of aromatic nitrogens is 3. The van der Waals surface area contributed by atoms with E-state index in [-0.39, 0.29) is 0 Å². The van der Waals surface area contributed by atoms with E-state index >= 15 is 0 Å². The van der Waals surface area contributed by atoms with Crippen molar-refractivity contribution in [2.75, 3.05) is 0 Å². The third kappa shape index (κ3) is 1.77. The lowest BCUT2D eigenvalue weighted by Gasteiger charge is -2.04. The van der Waals surface area contributed by atoms with Crippen LogP contribution in [0.1, 0.15) is 0 Å². The highest BCUT2D eigenvalue weighted by molar-refractivity contribution is 7.71. The molecule has 4 nitrogen and oxygen atoms in total. The number of hydrogen-bond acceptors (Lipinski definition) is 3. The third-order valence-corrected chi connectivity index (χ3v) is 4.37. The monoisotopic (exact) mass is 317 g/mol. The van der Waals surface area contributed by atoms with Crippen LogP contribution < -0.4 is 0 Å². The molecule has 0 radical (unpaired) electrons. The van der Waals surface area contributed by atoms with E-state index in [1.54, 1.807) is 10.7 Å². The number of fused-ring (bicyclic) bond motifs is 4. The number of furan rings is 1. The molecule has 0 spiro atoms. The summed E-state index contributed by atoms with van der Waals surface area (Å²) in [7, 11) is 0. The number of nitrogens with one attached hydrogen (secondary N) is 1. The molecule has 5 aromatic rings. The molecule has 1 N–H and O–H groups in total. The summed E-state index contributed by atoms with van der Waals surface area (Å²) in [4.78, 5) is 3.24. The van der Waals surface area contributed by atoms with Gasteiger partial charge < -0.3 is 9.40 Å². The molecule has 0 unspecified atom stereocenters. The molecule has 0 saturated carbocycles. The average molecular weight is 317 g/mol. The Morgan fingerprint density at radius 2 is 1.87 bits per heavy atom. The molecule has 0 aliphatic carbocycles. The number of hydrogen-bond donors (Lipinski definition) is 1. The van der Waals surface area contributed by atoms with Crippen LogP contribution >= 0.6 is 12.2 Å². The topological polar surface area (TPSA) is 46.2 Å². The minimum atomic E-state index is 0.565. The maximum atomic E-state index is 6.09. The smallest absolute Gasteiger partial charge is 0.199 e. The summed E-state index contributed by atoms with van der Waals surface area (Å²) in [5.41, 5.74) is 4.63. The van der Waals surface area contributed by atoms with Crippen LogP contribution in [-0.4, -0.2) is 14.6 Å². The first-order valence-electron chi connectivity index (χ1n) is 7.29. The van der Waals surface area contributed by atoms with Crippen LogP contribution in [0.15, 0.2) is 65.2 Å². The molecule has 3 aromatic heterocycles. The van der Waals surface area contributed by atoms with Crippen molar-refractivity contribution in [3.8, 4) is 11.3 Å². The number of nitrogens with zero attached hydrogens (tertiary/aromatic N) is 2. The van der Waals surface area contributed by atoms with Crippen molar-refractivity contribution < 1.29 is 4.42 Å². The maximum absolute atomic E-state index is 6.09. The SMILES string of the molecule is S=c1[nH]c(-c2cccc3c2oc2ccccc23)cc2ccnn12. The Morgan fingerprint density at radius 3 is 2.83 bits per heavy atom. The van der Waals surface area contributed by atoms with Gasteiger partial charge in [0, 0.05) is 16.3 Å². The van der Waals surface area contributed by atoms with Crippen molar-refractivity contribution >= 4 is 39.7 Å². The summed E-state index contributed by atoms with van der Waals surface area (Å²) in [5.74, 6) is 0. The predicted molar refractivity (Wildman–Crippen MR) is 93.1 cm³/mol. The molecule has 0 atom stereocenters. The Hall–Kier alpha value is -2.92. The van der Waals surface area contributed by atoms with Crippen LogP contribution in [-0.2, 0) is 0 Å². The molecule has 110 valence electrons. The quantitative estimate of drug-likeness (QED) is 0.445. The van der Waals surface area contributed by atoms with Crippen LogP contribution in [0.5, 0.6) is 0 Å². The second-order valence-electron chi connectivity index (χ2n) is 5.44. The normalized spacial score (nSPS) is 11.7. The first-order valence-corrected chi connectivity index (χ1v) is 7.70. The largest absolute Gasteiger partial charge is 0.455 e. The molecular weight excluding hydrogens is 306 g/mol. The fourth-order valence-corrected chi connectivity index (χ4v) is 3.31. The van der Waals surface area contributed by atoms with Crippen LogP contribution in [0.3, 0.4) is 0 Å². The van der Waals surface area contributed by atoms with Gasteiger partial charge in [0.2, 0.25) is 0 Å². The van der Waals surface area contributed by atoms with Crippen LogP contribution in [0.4, 0.5) is 0 Å². The van der Waals surface area contributed by atoms with E-state index in [1.165, 1.54) is 0 Å². The van der Waals surface area contributed by atoms with Crippen molar-refractivity contribution in [3.63, 3.8) is 0 Å². The second-order valence-corrected chi connectivity index (χ2v) is 5.82. The Kier molecular flexibility index (Phi) is 2.49. The van der Waals surface area contributed by atoms with Crippen LogP contribution in [0.25, 0.3) is 38.7 Å². The van der Waals surface area contributed by atoms with Gasteiger partial charge in [-0.05, 0) is 36.5 Å². The van der Waals surface area contributed by atoms with Crippen LogP contribution in [0, 0.1) is 4.77 Å². The molecular formula is C18H11N3OS. The minimum Gasteiger partial charge on any atom is -0.455 e. The molecule has 0 saturated heterocycles. The van der Waals surface area contributed by atoms with Crippen molar-refractivity contribution in [2.45, 2.75) is 0 Å². The Bertz CT molecular complexity index is 1250. The first kappa shape index (κ1) is 12.6. The van der Waals surface area contributed by atoms with Gasteiger partial charge in [0.15, 0.2) is 4.77 Å². The van der Waals surface area contributed by atoms with Gasteiger partial charge in [-0.2, -0.15) is 5.10 Å². The fourth-order valence-electron chi connectivity index (χ4n) is 3.05. The lowest BCUT2D eigenvalue weighted by molar-refractivity contribution is 0.669. The van der Waals surface area contributed by atoms with Crippen molar-refractivity contribution in [2.24, 2.45) is 0 Å². The van der Waals surface area contributed by atoms with Crippen molar-refractivity contribution in [3.05, 3.63) is 65.6 Å². The molecule has 0 bridgehead atoms. The zero-order valence-corrected chi connectivity index (χ0v) is 12.8. The van der Waals surface area contributed by atoms with E-state index in [0.717, 1.165) is 38.7 Å². The summed E-state index contributed by atoms with van der Waals surface area (Å²) < 4.78 is 8.37. The van der Waals surface area contributed by atoms with E-state index in [0.29, 0.717) is 4.77 Å². The van der Waals surface area contributed by atoms with Gasteiger partial charge in [0.05, 0.1) is 17.4 Å². The summed E-state index contributed by atoms with van der Waals surface area (Å²) in [6.07, 6.45) is 1.74. The summed E-state index contributed by atoms with van der Waals surface area (Å²) in [5, 5.41) is 6.43. The second kappa shape index (κ2) is 4.54. The van der Waals surface area contributed by atoms with E-state index in [9.17, 15) is 0 Å². The molecule has 5 rings (SSSR count). The molecule has 0 amide bonds. The van der Waals surface area contributed by atoms with E-state index in [4.69, 9.17) is 16.6 Å². The summed E-state index contributed by atoms with van der Waals surface area (Å²) in [6, 6.07) is 18.2. The highest BCUT2D eigenvalue weighted by Gasteiger charge is 2.12. The summed E-state index contributed by atoms with van der Waals surface area (Å²) >= 11 is 5.40. The molecule has 0 aliphatic heterocycles. The number of benzene rings is 2. The zero-order chi connectivity index (χ0) is 15.4. The van der Waals surface area contributed by atoms with Crippen molar-refractivity contribution in [1.29, 1.82) is 0 Å². The van der Waals surface area contributed by atoms with Gasteiger partial charge >= 0.3 is 0 Å². The third-order valence-electron chi connectivity index (χ3n) is 4.09. The van der Waals surface area contributed by atoms with Gasteiger partial charge in [-0.25, -0.2) is 4.52 Å². The van der Waals surface area contributed by atoms with Gasteiger partial charge in [-0.15, -0.1) is 0 Å². The molecule has 5 heteroatoms. The van der Waals surface area contributed by atoms with Gasteiger partial charge in [0.1, 0.15) is 11.2 Å². The average Bonchev–Trinajstić information content (AvgIpc) is 3.18. The minimum absolute atomic E-state index is 0.565. The Morgan fingerprint density at radius 1 is 1.00 bits per heavy atom. The maximum Gasteiger partial charge on any atom is 0.199 e. The molecule has 23 heavy (non-hydrogen) atoms. The Balaban J connectivity index is 1.89. The standard InChI is InChI=1S/C18H11N3OS/c23-18-20-15(10-11-8-9-19-21(11)18)14-6-3-5-13-12-4-1-2-7-16(12)22-17(13)14/h1-10H,(H,20,23). The number of H-pyrrole nitrogens is 1. The molecule has 2 aromatic carbocycles. The number of para-hydroxylation sites is 2. The zero-order valence-electron chi connectivity index (χ0n) is 12.0. The molecule has 0 aliphatic rings. The van der Waals surface area contributed by atoms with Crippen molar-refractivity contribution in [1.82, 2.24) is 14.6 Å². The lowest BCUT2D eigenvalue weighted by Crippen LogP contribution is -1.94. The Labute approximate surface area is 136 Å². The highest BCUT2D eigenvalue weighted by atomic mass is 32.1. The first-order chi connectivity index (χ1) is 11.3. The van der Waals surface area contributed by atoms with E-state index < -0.39 is 0 Å². The van der Waals surface area contributed by atoms with Crippen LogP contribution in [0.2, 0.25) is 0 Å². The van der Waals surface area contributed by atoms with Gasteiger partial charge in [0.25, 0.3) is 0 Å². The fraction of sp³-hybridized carbons (Fsp3) is 0. The van der Waals surface area contributed by atoms with Gasteiger partial charge in [-0.1, -0.05) is 30.3 Å². The number of rotatable bonds is 1. The van der Waals surface area contributed by atoms with E-state index in [2.05, 4.69) is 22.2 Å². The van der Waals surface area contributed by atoms with Gasteiger partial charge in [-0.3, -0.25) is 0 Å². The predicted octanol–water partition coefficient (Wildman–Crippen LogP) is 4.96.